The molecule has 11 nitrogen and oxygen atoms in total. The average Bonchev–Trinajstić information content (AvgIpc) is 2.53. The van der Waals surface area contributed by atoms with Gasteiger partial charge in [0.2, 0.25) is 0 Å². The van der Waals surface area contributed by atoms with Crippen LogP contribution >= 0.6 is 0 Å². The number of fused-ring (bicyclic) bond motifs is 2. The third-order valence-corrected chi connectivity index (χ3v) is 3.29. The fourth-order valence-electron chi connectivity index (χ4n) is 2.21. The SMILES string of the molecule is NN=NC(=O)[C@@H]1CC[C@H]2CN1C(=O)N2OS(=O)(=O)O. The van der Waals surface area contributed by atoms with Crippen molar-refractivity contribution in [3.05, 3.63) is 0 Å². The van der Waals surface area contributed by atoms with Gasteiger partial charge in [-0.25, -0.2) is 4.79 Å². The van der Waals surface area contributed by atoms with E-state index in [1.54, 1.807) is 0 Å². The first-order valence-electron chi connectivity index (χ1n) is 5.25. The molecule has 3 amide bonds. The Balaban J connectivity index is 2.18. The number of piperidine rings is 1. The summed E-state index contributed by atoms with van der Waals surface area (Å²) in [6.45, 7) is 0.102. The fourth-order valence-corrected chi connectivity index (χ4v) is 2.60. The van der Waals surface area contributed by atoms with Crippen molar-refractivity contribution < 1.29 is 26.8 Å². The van der Waals surface area contributed by atoms with Gasteiger partial charge < -0.3 is 10.7 Å². The number of carbonyl (C=O) groups is 2. The molecule has 2 heterocycles. The minimum absolute atomic E-state index is 0.102. The molecule has 3 N–H and O–H groups in total. The summed E-state index contributed by atoms with van der Waals surface area (Å²) in [7, 11) is -4.80. The maximum Gasteiger partial charge on any atom is 0.418 e. The summed E-state index contributed by atoms with van der Waals surface area (Å²) in [4.78, 5) is 24.5. The van der Waals surface area contributed by atoms with E-state index in [1.165, 1.54) is 0 Å². The summed E-state index contributed by atoms with van der Waals surface area (Å²) in [5.41, 5.74) is 0. The molecule has 2 fully saturated rings. The van der Waals surface area contributed by atoms with Crippen LogP contribution < -0.4 is 5.84 Å². The number of amides is 3. The van der Waals surface area contributed by atoms with Gasteiger partial charge in [0, 0.05) is 6.54 Å². The number of carbonyl (C=O) groups excluding carboxylic acids is 2. The van der Waals surface area contributed by atoms with Crippen LogP contribution in [-0.4, -0.2) is 53.5 Å². The Kier molecular flexibility index (Phi) is 3.38. The third-order valence-electron chi connectivity index (χ3n) is 2.94. The highest BCUT2D eigenvalue weighted by Crippen LogP contribution is 2.31. The normalized spacial score (nSPS) is 27.3. The predicted molar refractivity (Wildman–Crippen MR) is 57.4 cm³/mol. The van der Waals surface area contributed by atoms with Crippen molar-refractivity contribution in [3.63, 3.8) is 0 Å². The Morgan fingerprint density at radius 3 is 2.74 bits per heavy atom. The number of urea groups is 1. The molecule has 0 aromatic rings. The molecule has 12 heteroatoms. The molecule has 106 valence electrons. The van der Waals surface area contributed by atoms with E-state index in [0.717, 1.165) is 4.90 Å². The lowest BCUT2D eigenvalue weighted by Crippen LogP contribution is -2.44. The first kappa shape index (κ1) is 13.6. The molecule has 2 atom stereocenters. The topological polar surface area (TPSA) is 155 Å². The van der Waals surface area contributed by atoms with Gasteiger partial charge in [0.1, 0.15) is 6.04 Å². The molecule has 0 unspecified atom stereocenters. The first-order valence-corrected chi connectivity index (χ1v) is 6.61. The van der Waals surface area contributed by atoms with Crippen LogP contribution in [0.4, 0.5) is 4.79 Å². The van der Waals surface area contributed by atoms with E-state index in [0.29, 0.717) is 11.5 Å². The van der Waals surface area contributed by atoms with E-state index in [-0.39, 0.29) is 13.0 Å². The summed E-state index contributed by atoms with van der Waals surface area (Å²) in [6, 6.07) is -2.23. The summed E-state index contributed by atoms with van der Waals surface area (Å²) in [6.07, 6.45) is 0.605. The van der Waals surface area contributed by atoms with Crippen molar-refractivity contribution in [2.24, 2.45) is 16.2 Å². The number of nitrogens with two attached hydrogens (primary N) is 1. The van der Waals surface area contributed by atoms with Crippen molar-refractivity contribution >= 4 is 22.3 Å². The minimum Gasteiger partial charge on any atom is -0.308 e. The van der Waals surface area contributed by atoms with Crippen molar-refractivity contribution in [1.82, 2.24) is 9.96 Å². The molecule has 0 aromatic carbocycles. The molecule has 2 bridgehead atoms. The zero-order chi connectivity index (χ0) is 14.2. The second kappa shape index (κ2) is 4.71. The molecule has 0 saturated carbocycles. The van der Waals surface area contributed by atoms with Gasteiger partial charge >= 0.3 is 16.4 Å². The van der Waals surface area contributed by atoms with Crippen LogP contribution in [0.2, 0.25) is 0 Å². The van der Waals surface area contributed by atoms with E-state index in [9.17, 15) is 18.0 Å². The van der Waals surface area contributed by atoms with Gasteiger partial charge in [0.25, 0.3) is 5.91 Å². The third kappa shape index (κ3) is 2.64. The monoisotopic (exact) mass is 293 g/mol. The van der Waals surface area contributed by atoms with E-state index in [4.69, 9.17) is 10.4 Å². The van der Waals surface area contributed by atoms with E-state index in [1.807, 2.05) is 0 Å². The molecule has 0 aromatic heterocycles. The zero-order valence-corrected chi connectivity index (χ0v) is 10.4. The van der Waals surface area contributed by atoms with Crippen molar-refractivity contribution in [2.75, 3.05) is 6.54 Å². The van der Waals surface area contributed by atoms with Crippen LogP contribution in [0.25, 0.3) is 0 Å². The number of hydrogen-bond acceptors (Lipinski definition) is 6. The van der Waals surface area contributed by atoms with Gasteiger partial charge in [0.15, 0.2) is 0 Å². The molecule has 0 radical (unpaired) electrons. The lowest BCUT2D eigenvalue weighted by Gasteiger charge is -2.27. The molecule has 0 aliphatic carbocycles. The molecule has 0 spiro atoms. The lowest BCUT2D eigenvalue weighted by molar-refractivity contribution is -0.123. The number of rotatable bonds is 3. The second-order valence-electron chi connectivity index (χ2n) is 4.06. The molecular formula is C7H11N5O6S. The Morgan fingerprint density at radius 2 is 2.16 bits per heavy atom. The van der Waals surface area contributed by atoms with Gasteiger partial charge in [-0.3, -0.25) is 9.35 Å². The first-order chi connectivity index (χ1) is 8.83. The van der Waals surface area contributed by atoms with Gasteiger partial charge in [-0.05, 0) is 12.8 Å². The van der Waals surface area contributed by atoms with Crippen LogP contribution in [-0.2, 0) is 19.5 Å². The van der Waals surface area contributed by atoms with Crippen LogP contribution in [0.15, 0.2) is 10.3 Å². The highest BCUT2D eigenvalue weighted by Gasteiger charge is 2.49. The van der Waals surface area contributed by atoms with E-state index < -0.39 is 34.4 Å². The summed E-state index contributed by atoms with van der Waals surface area (Å²) >= 11 is 0. The summed E-state index contributed by atoms with van der Waals surface area (Å²) in [5.74, 6) is 4.07. The standard InChI is InChI=1S/C7H11N5O6S/c8-10-9-6(13)5-2-1-4-3-11(5)7(14)12(4)18-19(15,16)17/h4-5H,1-3H2,(H2,8,9,13)(H,15,16,17)/t4-,5-/m0/s1. The lowest BCUT2D eigenvalue weighted by atomic mass is 10.0. The van der Waals surface area contributed by atoms with Crippen molar-refractivity contribution in [2.45, 2.75) is 24.9 Å². The molecular weight excluding hydrogens is 282 g/mol. The quantitative estimate of drug-likeness (QED) is 0.288. The van der Waals surface area contributed by atoms with E-state index >= 15 is 0 Å². The van der Waals surface area contributed by atoms with Crippen LogP contribution in [0.5, 0.6) is 0 Å². The molecule has 2 rings (SSSR count). The number of nitrogens with zero attached hydrogens (tertiary/aromatic N) is 4. The predicted octanol–water partition coefficient (Wildman–Crippen LogP) is -1.16. The zero-order valence-electron chi connectivity index (χ0n) is 9.54. The van der Waals surface area contributed by atoms with Crippen LogP contribution in [0.3, 0.4) is 0 Å². The van der Waals surface area contributed by atoms with Gasteiger partial charge in [-0.1, -0.05) is 10.3 Å². The minimum atomic E-state index is -4.80. The molecule has 19 heavy (non-hydrogen) atoms. The smallest absolute Gasteiger partial charge is 0.308 e. The van der Waals surface area contributed by atoms with Crippen LogP contribution in [0, 0.1) is 0 Å². The molecule has 2 aliphatic rings. The fraction of sp³-hybridized carbons (Fsp3) is 0.714. The van der Waals surface area contributed by atoms with Crippen LogP contribution in [0.1, 0.15) is 12.8 Å². The Labute approximate surface area is 107 Å². The van der Waals surface area contributed by atoms with Gasteiger partial charge in [-0.2, -0.15) is 13.5 Å². The van der Waals surface area contributed by atoms with Crippen molar-refractivity contribution in [3.8, 4) is 0 Å². The molecule has 2 saturated heterocycles. The average molecular weight is 293 g/mol. The second-order valence-corrected chi connectivity index (χ2v) is 5.07. The molecule has 2 aliphatic heterocycles. The summed E-state index contributed by atoms with van der Waals surface area (Å²) < 4.78 is 34.1. The highest BCUT2D eigenvalue weighted by atomic mass is 32.3. The van der Waals surface area contributed by atoms with E-state index in [2.05, 4.69) is 14.6 Å². The Bertz CT molecular complexity index is 532. The summed E-state index contributed by atoms with van der Waals surface area (Å²) in [5, 5.41) is 6.54. The maximum absolute atomic E-state index is 11.9. The highest BCUT2D eigenvalue weighted by molar-refractivity contribution is 7.80. The van der Waals surface area contributed by atoms with Gasteiger partial charge in [0.05, 0.1) is 6.04 Å². The van der Waals surface area contributed by atoms with Crippen molar-refractivity contribution in [1.29, 1.82) is 0 Å². The number of hydrogen-bond donors (Lipinski definition) is 2. The number of hydroxylamine groups is 2. The Hall–Kier alpha value is -1.79. The Morgan fingerprint density at radius 1 is 1.47 bits per heavy atom. The van der Waals surface area contributed by atoms with Gasteiger partial charge in [-0.15, -0.1) is 4.28 Å². The maximum atomic E-state index is 11.9. The largest absolute Gasteiger partial charge is 0.418 e.